The van der Waals surface area contributed by atoms with E-state index >= 15 is 0 Å². The molecule has 21 heavy (non-hydrogen) atoms. The van der Waals surface area contributed by atoms with Crippen molar-refractivity contribution in [3.05, 3.63) is 28.2 Å². The van der Waals surface area contributed by atoms with Crippen LogP contribution in [0.25, 0.3) is 0 Å². The number of nitrogens with zero attached hydrogens (tertiary/aromatic N) is 2. The average Bonchev–Trinajstić information content (AvgIpc) is 2.85. The van der Waals surface area contributed by atoms with Gasteiger partial charge in [-0.15, -0.1) is 0 Å². The molecular weight excluding hydrogens is 346 g/mol. The lowest BCUT2D eigenvalue weighted by Crippen LogP contribution is -2.44. The molecular formula is C14H13BrF2N2O2. The predicted octanol–water partition coefficient (Wildman–Crippen LogP) is 2.46. The Morgan fingerprint density at radius 3 is 2.48 bits per heavy atom. The molecule has 4 nitrogen and oxygen atoms in total. The maximum atomic E-state index is 14.1. The van der Waals surface area contributed by atoms with Crippen LogP contribution in [0.3, 0.4) is 0 Å². The zero-order valence-electron chi connectivity index (χ0n) is 11.1. The number of halogens is 3. The van der Waals surface area contributed by atoms with Gasteiger partial charge < -0.3 is 9.80 Å². The fourth-order valence-corrected chi connectivity index (χ4v) is 3.38. The molecule has 2 heterocycles. The summed E-state index contributed by atoms with van der Waals surface area (Å²) in [6.45, 7) is 0.536. The van der Waals surface area contributed by atoms with Gasteiger partial charge in [0, 0.05) is 24.0 Å². The zero-order chi connectivity index (χ0) is 15.1. The summed E-state index contributed by atoms with van der Waals surface area (Å²) in [7, 11) is 0. The molecule has 1 unspecified atom stereocenters. The Labute approximate surface area is 128 Å². The molecule has 2 aliphatic rings. The van der Waals surface area contributed by atoms with Crippen LogP contribution in [-0.4, -0.2) is 35.8 Å². The van der Waals surface area contributed by atoms with Gasteiger partial charge in [0.25, 0.3) is 0 Å². The fourth-order valence-electron chi connectivity index (χ4n) is 2.98. The second kappa shape index (κ2) is 5.36. The molecule has 2 fully saturated rings. The molecule has 2 aliphatic heterocycles. The van der Waals surface area contributed by atoms with Crippen molar-refractivity contribution >= 4 is 33.4 Å². The maximum absolute atomic E-state index is 14.1. The number of rotatable bonds is 1. The summed E-state index contributed by atoms with van der Waals surface area (Å²) in [5, 5.41) is 0. The van der Waals surface area contributed by atoms with E-state index in [1.165, 1.54) is 4.90 Å². The van der Waals surface area contributed by atoms with E-state index in [2.05, 4.69) is 15.9 Å². The smallest absolute Gasteiger partial charge is 0.249 e. The number of hydrogen-bond donors (Lipinski definition) is 0. The second-order valence-electron chi connectivity index (χ2n) is 5.20. The Morgan fingerprint density at radius 1 is 1.14 bits per heavy atom. The van der Waals surface area contributed by atoms with E-state index in [4.69, 9.17) is 0 Å². The molecule has 0 spiro atoms. The summed E-state index contributed by atoms with van der Waals surface area (Å²) in [5.41, 5.74) is -0.371. The Balaban J connectivity index is 2.02. The Hall–Kier alpha value is -1.50. The lowest BCUT2D eigenvalue weighted by atomic mass is 10.1. The van der Waals surface area contributed by atoms with Crippen LogP contribution < -0.4 is 4.90 Å². The van der Waals surface area contributed by atoms with Crippen LogP contribution in [0.1, 0.15) is 19.3 Å². The first-order valence-electron chi connectivity index (χ1n) is 6.74. The van der Waals surface area contributed by atoms with Gasteiger partial charge in [0.15, 0.2) is 11.6 Å². The van der Waals surface area contributed by atoms with Crippen LogP contribution in [0.15, 0.2) is 16.6 Å². The topological polar surface area (TPSA) is 40.6 Å². The fraction of sp³-hybridized carbons (Fsp3) is 0.429. The largest absolute Gasteiger partial charge is 0.331 e. The minimum absolute atomic E-state index is 0.000138. The summed E-state index contributed by atoms with van der Waals surface area (Å²) in [6, 6.07) is 1.64. The highest BCUT2D eigenvalue weighted by molar-refractivity contribution is 9.10. The highest BCUT2D eigenvalue weighted by Gasteiger charge is 2.41. The van der Waals surface area contributed by atoms with Gasteiger partial charge in [-0.3, -0.25) is 9.59 Å². The average molecular weight is 359 g/mol. The summed E-state index contributed by atoms with van der Waals surface area (Å²) in [4.78, 5) is 27.1. The number of fused-ring (bicyclic) bond motifs is 1. The summed E-state index contributed by atoms with van der Waals surface area (Å²) >= 11 is 3.01. The summed E-state index contributed by atoms with van der Waals surface area (Å²) in [6.07, 6.45) is 1.36. The van der Waals surface area contributed by atoms with Gasteiger partial charge >= 0.3 is 0 Å². The summed E-state index contributed by atoms with van der Waals surface area (Å²) < 4.78 is 28.4. The molecule has 0 aliphatic carbocycles. The van der Waals surface area contributed by atoms with Gasteiger partial charge in [-0.1, -0.05) is 15.9 Å². The first kappa shape index (κ1) is 14.4. The predicted molar refractivity (Wildman–Crippen MR) is 75.8 cm³/mol. The van der Waals surface area contributed by atoms with Crippen LogP contribution in [0, 0.1) is 11.6 Å². The molecule has 0 aromatic heterocycles. The van der Waals surface area contributed by atoms with Gasteiger partial charge in [0.2, 0.25) is 11.8 Å². The van der Waals surface area contributed by atoms with Crippen LogP contribution in [-0.2, 0) is 9.59 Å². The van der Waals surface area contributed by atoms with Gasteiger partial charge in [-0.2, -0.15) is 0 Å². The number of hydrogen-bond acceptors (Lipinski definition) is 2. The minimum Gasteiger partial charge on any atom is -0.331 e. The molecule has 2 amide bonds. The summed E-state index contributed by atoms with van der Waals surface area (Å²) in [5.74, 6) is -2.16. The quantitative estimate of drug-likeness (QED) is 0.773. The number of anilines is 1. The van der Waals surface area contributed by atoms with E-state index in [0.717, 1.165) is 23.5 Å². The van der Waals surface area contributed by atoms with Crippen molar-refractivity contribution in [2.24, 2.45) is 0 Å². The number of benzene rings is 1. The van der Waals surface area contributed by atoms with Gasteiger partial charge in [0.05, 0.1) is 0 Å². The van der Waals surface area contributed by atoms with E-state index in [9.17, 15) is 18.4 Å². The van der Waals surface area contributed by atoms with Crippen molar-refractivity contribution in [3.63, 3.8) is 0 Å². The first-order valence-corrected chi connectivity index (χ1v) is 7.53. The molecule has 2 saturated heterocycles. The minimum atomic E-state index is -0.811. The molecule has 112 valence electrons. The molecule has 0 saturated carbocycles. The standard InChI is InChI=1S/C14H13BrF2N2O2/c15-8-6-9(16)13(10(17)7-8)19-5-3-12(20)18-4-1-2-11(18)14(19)21/h6-7,11H,1-5H2. The van der Waals surface area contributed by atoms with E-state index in [-0.39, 0.29) is 29.0 Å². The van der Waals surface area contributed by atoms with Crippen molar-refractivity contribution in [2.75, 3.05) is 18.0 Å². The Kier molecular flexibility index (Phi) is 3.69. The van der Waals surface area contributed by atoms with Crippen molar-refractivity contribution in [2.45, 2.75) is 25.3 Å². The Bertz CT molecular complexity index is 600. The lowest BCUT2D eigenvalue weighted by molar-refractivity contribution is -0.135. The van der Waals surface area contributed by atoms with Gasteiger partial charge in [-0.05, 0) is 25.0 Å². The van der Waals surface area contributed by atoms with Crippen LogP contribution in [0.4, 0.5) is 14.5 Å². The third-order valence-electron chi connectivity index (χ3n) is 3.93. The number of carbonyl (C=O) groups is 2. The van der Waals surface area contributed by atoms with Gasteiger partial charge in [-0.25, -0.2) is 8.78 Å². The molecule has 0 bridgehead atoms. The molecule has 1 atom stereocenters. The molecule has 3 rings (SSSR count). The molecule has 7 heteroatoms. The van der Waals surface area contributed by atoms with E-state index < -0.39 is 23.6 Å². The Morgan fingerprint density at radius 2 is 1.81 bits per heavy atom. The highest BCUT2D eigenvalue weighted by atomic mass is 79.9. The molecule has 0 N–H and O–H groups in total. The van der Waals surface area contributed by atoms with Crippen molar-refractivity contribution in [1.82, 2.24) is 4.90 Å². The van der Waals surface area contributed by atoms with E-state index in [0.29, 0.717) is 13.0 Å². The van der Waals surface area contributed by atoms with Crippen molar-refractivity contribution < 1.29 is 18.4 Å². The second-order valence-corrected chi connectivity index (χ2v) is 6.12. The van der Waals surface area contributed by atoms with E-state index in [1.54, 1.807) is 0 Å². The van der Waals surface area contributed by atoms with Crippen LogP contribution in [0.5, 0.6) is 0 Å². The third-order valence-corrected chi connectivity index (χ3v) is 4.38. The van der Waals surface area contributed by atoms with Gasteiger partial charge in [0.1, 0.15) is 11.7 Å². The normalized spacial score (nSPS) is 22.5. The third kappa shape index (κ3) is 2.43. The molecule has 1 aromatic rings. The molecule has 0 radical (unpaired) electrons. The number of amides is 2. The highest BCUT2D eigenvalue weighted by Crippen LogP contribution is 2.31. The van der Waals surface area contributed by atoms with Crippen molar-refractivity contribution in [1.29, 1.82) is 0 Å². The zero-order valence-corrected chi connectivity index (χ0v) is 12.7. The maximum Gasteiger partial charge on any atom is 0.249 e. The molecule has 1 aromatic carbocycles. The van der Waals surface area contributed by atoms with E-state index in [1.807, 2.05) is 0 Å². The lowest BCUT2D eigenvalue weighted by Gasteiger charge is -2.25. The van der Waals surface area contributed by atoms with Crippen LogP contribution >= 0.6 is 15.9 Å². The monoisotopic (exact) mass is 358 g/mol. The first-order chi connectivity index (χ1) is 9.99. The van der Waals surface area contributed by atoms with Crippen molar-refractivity contribution in [3.8, 4) is 0 Å². The number of carbonyl (C=O) groups excluding carboxylic acids is 2. The SMILES string of the molecule is O=C1C2CCCN2C(=O)CCN1c1c(F)cc(Br)cc1F. The van der Waals surface area contributed by atoms with Crippen LogP contribution in [0.2, 0.25) is 0 Å².